The van der Waals surface area contributed by atoms with Crippen LogP contribution in [0, 0.1) is 5.92 Å². The Labute approximate surface area is 115 Å². The predicted octanol–water partition coefficient (Wildman–Crippen LogP) is 3.17. The maximum absolute atomic E-state index is 11.2. The van der Waals surface area contributed by atoms with Gasteiger partial charge in [0.15, 0.2) is 0 Å². The van der Waals surface area contributed by atoms with Crippen molar-refractivity contribution in [3.63, 3.8) is 0 Å². The van der Waals surface area contributed by atoms with E-state index >= 15 is 0 Å². The number of pyridine rings is 1. The Kier molecular flexibility index (Phi) is 4.22. The molecule has 1 heterocycles. The molecule has 2 rings (SSSR count). The summed E-state index contributed by atoms with van der Waals surface area (Å²) in [6, 6.07) is 1.61. The first-order valence-electron chi connectivity index (χ1n) is 6.18. The monoisotopic (exact) mass is 312 g/mol. The number of aromatic nitrogens is 1. The van der Waals surface area contributed by atoms with E-state index < -0.39 is 5.97 Å². The molecule has 0 saturated heterocycles. The minimum Gasteiger partial charge on any atom is -0.478 e. The van der Waals surface area contributed by atoms with Gasteiger partial charge in [-0.2, -0.15) is 0 Å². The molecule has 1 aromatic heterocycles. The van der Waals surface area contributed by atoms with Gasteiger partial charge >= 0.3 is 5.97 Å². The molecule has 1 saturated carbocycles. The number of carboxylic acid groups (broad SMARTS) is 1. The van der Waals surface area contributed by atoms with Gasteiger partial charge in [0.2, 0.25) is 0 Å². The van der Waals surface area contributed by atoms with Gasteiger partial charge in [0.1, 0.15) is 11.4 Å². The Balaban J connectivity index is 2.17. The molecule has 4 nitrogen and oxygen atoms in total. The van der Waals surface area contributed by atoms with Crippen LogP contribution in [0.5, 0.6) is 0 Å². The summed E-state index contributed by atoms with van der Waals surface area (Å²) in [5.41, 5.74) is 0.255. The van der Waals surface area contributed by atoms with E-state index in [1.54, 1.807) is 12.3 Å². The molecule has 5 heteroatoms. The highest BCUT2D eigenvalue weighted by atomic mass is 79.9. The molecule has 0 radical (unpaired) electrons. The predicted molar refractivity (Wildman–Crippen MR) is 74.1 cm³/mol. The molecular formula is C13H17BrN2O2. The third-order valence-electron chi connectivity index (χ3n) is 3.43. The normalized spacial score (nSPS) is 15.9. The fraction of sp³-hybridized carbons (Fsp3) is 0.538. The average molecular weight is 313 g/mol. The van der Waals surface area contributed by atoms with Gasteiger partial charge in [-0.25, -0.2) is 9.78 Å². The molecule has 0 unspecified atom stereocenters. The smallest absolute Gasteiger partial charge is 0.339 e. The van der Waals surface area contributed by atoms with E-state index in [0.717, 1.165) is 6.54 Å². The molecule has 18 heavy (non-hydrogen) atoms. The maximum Gasteiger partial charge on any atom is 0.339 e. The lowest BCUT2D eigenvalue weighted by Gasteiger charge is -2.23. The number of anilines is 1. The molecule has 1 aliphatic rings. The van der Waals surface area contributed by atoms with Gasteiger partial charge in [0.25, 0.3) is 0 Å². The number of nitrogens with zero attached hydrogens (tertiary/aromatic N) is 2. The van der Waals surface area contributed by atoms with Crippen LogP contribution in [-0.2, 0) is 0 Å². The summed E-state index contributed by atoms with van der Waals surface area (Å²) in [4.78, 5) is 17.4. The highest BCUT2D eigenvalue weighted by Gasteiger charge is 2.21. The topological polar surface area (TPSA) is 53.4 Å². The summed E-state index contributed by atoms with van der Waals surface area (Å²) in [7, 11) is 1.92. The molecule has 0 amide bonds. The van der Waals surface area contributed by atoms with Crippen molar-refractivity contribution in [2.75, 3.05) is 18.5 Å². The number of hydrogen-bond acceptors (Lipinski definition) is 3. The minimum absolute atomic E-state index is 0.255. The van der Waals surface area contributed by atoms with E-state index in [1.165, 1.54) is 25.7 Å². The molecule has 1 aliphatic carbocycles. The molecule has 1 fully saturated rings. The van der Waals surface area contributed by atoms with Crippen LogP contribution in [-0.4, -0.2) is 29.7 Å². The third-order valence-corrected chi connectivity index (χ3v) is 3.87. The van der Waals surface area contributed by atoms with Crippen LogP contribution in [0.25, 0.3) is 0 Å². The summed E-state index contributed by atoms with van der Waals surface area (Å²) in [5.74, 6) is 0.289. The van der Waals surface area contributed by atoms with Crippen LogP contribution in [0.2, 0.25) is 0 Å². The molecule has 1 aromatic rings. The van der Waals surface area contributed by atoms with Gasteiger partial charge in [-0.3, -0.25) is 0 Å². The fourth-order valence-corrected chi connectivity index (χ4v) is 2.89. The second kappa shape index (κ2) is 5.69. The quantitative estimate of drug-likeness (QED) is 0.927. The molecule has 0 aromatic carbocycles. The van der Waals surface area contributed by atoms with Gasteiger partial charge in [-0.1, -0.05) is 12.8 Å². The van der Waals surface area contributed by atoms with Crippen LogP contribution >= 0.6 is 15.9 Å². The number of carboxylic acids is 1. The molecular weight excluding hydrogens is 296 g/mol. The molecule has 1 N–H and O–H groups in total. The van der Waals surface area contributed by atoms with Crippen molar-refractivity contribution in [2.24, 2.45) is 5.92 Å². The van der Waals surface area contributed by atoms with E-state index in [2.05, 4.69) is 20.9 Å². The summed E-state index contributed by atoms with van der Waals surface area (Å²) >= 11 is 3.26. The summed E-state index contributed by atoms with van der Waals surface area (Å²) in [6.45, 7) is 0.884. The Bertz CT molecular complexity index is 445. The van der Waals surface area contributed by atoms with Crippen molar-refractivity contribution in [1.82, 2.24) is 4.98 Å². The van der Waals surface area contributed by atoms with Gasteiger partial charge in [-0.15, -0.1) is 0 Å². The first kappa shape index (κ1) is 13.3. The Hall–Kier alpha value is -1.10. The lowest BCUT2D eigenvalue weighted by Crippen LogP contribution is -2.26. The zero-order chi connectivity index (χ0) is 13.1. The van der Waals surface area contributed by atoms with Crippen molar-refractivity contribution < 1.29 is 9.90 Å². The summed E-state index contributed by atoms with van der Waals surface area (Å²) in [5, 5.41) is 9.21. The second-order valence-electron chi connectivity index (χ2n) is 4.86. The number of carbonyl (C=O) groups is 1. The van der Waals surface area contributed by atoms with E-state index in [0.29, 0.717) is 16.2 Å². The number of hydrogen-bond donors (Lipinski definition) is 1. The molecule has 0 aliphatic heterocycles. The van der Waals surface area contributed by atoms with Crippen LogP contribution in [0.4, 0.5) is 5.82 Å². The zero-order valence-electron chi connectivity index (χ0n) is 10.4. The van der Waals surface area contributed by atoms with Gasteiger partial charge in [0, 0.05) is 24.3 Å². The molecule has 0 bridgehead atoms. The van der Waals surface area contributed by atoms with Crippen molar-refractivity contribution >= 4 is 27.7 Å². The van der Waals surface area contributed by atoms with E-state index in [1.807, 2.05) is 11.9 Å². The summed E-state index contributed by atoms with van der Waals surface area (Å²) in [6.07, 6.45) is 6.70. The van der Waals surface area contributed by atoms with E-state index in [-0.39, 0.29) is 5.56 Å². The molecule has 0 atom stereocenters. The van der Waals surface area contributed by atoms with Crippen molar-refractivity contribution in [3.8, 4) is 0 Å². The SMILES string of the molecule is CN(CC1CCCC1)c1ncc(Br)cc1C(=O)O. The Morgan fingerprint density at radius 3 is 2.83 bits per heavy atom. The van der Waals surface area contributed by atoms with Crippen LogP contribution in [0.1, 0.15) is 36.0 Å². The Morgan fingerprint density at radius 2 is 2.22 bits per heavy atom. The standard InChI is InChI=1S/C13H17BrN2O2/c1-16(8-9-4-2-3-5-9)12-11(13(17)18)6-10(14)7-15-12/h6-7,9H,2-5,8H2,1H3,(H,17,18). The number of aromatic carboxylic acids is 1. The zero-order valence-corrected chi connectivity index (χ0v) is 12.0. The minimum atomic E-state index is -0.933. The first-order chi connectivity index (χ1) is 8.58. The lowest BCUT2D eigenvalue weighted by atomic mass is 10.1. The van der Waals surface area contributed by atoms with Crippen LogP contribution in [0.3, 0.4) is 0 Å². The van der Waals surface area contributed by atoms with E-state index in [4.69, 9.17) is 0 Å². The van der Waals surface area contributed by atoms with Gasteiger partial charge in [0.05, 0.1) is 0 Å². The highest BCUT2D eigenvalue weighted by Crippen LogP contribution is 2.28. The van der Waals surface area contributed by atoms with Crippen LogP contribution < -0.4 is 4.90 Å². The molecule has 98 valence electrons. The van der Waals surface area contributed by atoms with Gasteiger partial charge in [-0.05, 0) is 40.8 Å². The third kappa shape index (κ3) is 3.02. The number of halogens is 1. The first-order valence-corrected chi connectivity index (χ1v) is 6.97. The van der Waals surface area contributed by atoms with Crippen molar-refractivity contribution in [2.45, 2.75) is 25.7 Å². The second-order valence-corrected chi connectivity index (χ2v) is 5.78. The highest BCUT2D eigenvalue weighted by molar-refractivity contribution is 9.10. The maximum atomic E-state index is 11.2. The van der Waals surface area contributed by atoms with Crippen LogP contribution in [0.15, 0.2) is 16.7 Å². The Morgan fingerprint density at radius 1 is 1.56 bits per heavy atom. The van der Waals surface area contributed by atoms with E-state index in [9.17, 15) is 9.90 Å². The van der Waals surface area contributed by atoms with Crippen molar-refractivity contribution in [1.29, 1.82) is 0 Å². The molecule has 0 spiro atoms. The average Bonchev–Trinajstić information content (AvgIpc) is 2.81. The largest absolute Gasteiger partial charge is 0.478 e. The van der Waals surface area contributed by atoms with Gasteiger partial charge < -0.3 is 10.0 Å². The fourth-order valence-electron chi connectivity index (χ4n) is 2.56. The lowest BCUT2D eigenvalue weighted by molar-refractivity contribution is 0.0697. The summed E-state index contributed by atoms with van der Waals surface area (Å²) < 4.78 is 0.693. The number of rotatable bonds is 4. The van der Waals surface area contributed by atoms with Crippen molar-refractivity contribution in [3.05, 3.63) is 22.3 Å².